The Morgan fingerprint density at radius 2 is 2.28 bits per heavy atom. The van der Waals surface area contributed by atoms with Gasteiger partial charge < -0.3 is 15.5 Å². The number of nitrogens with one attached hydrogen (secondary N) is 1. The van der Waals surface area contributed by atoms with Crippen LogP contribution in [0.2, 0.25) is 0 Å². The fraction of sp³-hybridized carbons (Fsp3) is 0.375. The Kier molecular flexibility index (Phi) is 3.87. The number of hydrogen-bond donors (Lipinski definition) is 2. The fourth-order valence-corrected chi connectivity index (χ4v) is 3.15. The fourth-order valence-electron chi connectivity index (χ4n) is 2.86. The summed E-state index contributed by atoms with van der Waals surface area (Å²) in [6, 6.07) is 2.13. The molecule has 3 aromatic rings. The van der Waals surface area contributed by atoms with Crippen molar-refractivity contribution in [1.82, 2.24) is 19.8 Å². The molecule has 1 saturated carbocycles. The second kappa shape index (κ2) is 6.07. The Labute approximate surface area is 148 Å². The lowest BCUT2D eigenvalue weighted by Gasteiger charge is -2.17. The Morgan fingerprint density at radius 3 is 2.92 bits per heavy atom. The zero-order valence-corrected chi connectivity index (χ0v) is 14.7. The smallest absolute Gasteiger partial charge is 0.276 e. The van der Waals surface area contributed by atoms with E-state index in [0.717, 1.165) is 11.1 Å². The lowest BCUT2D eigenvalue weighted by Crippen LogP contribution is -2.22. The molecule has 25 heavy (non-hydrogen) atoms. The average molecular weight is 358 g/mol. The molecule has 3 N–H and O–H groups in total. The van der Waals surface area contributed by atoms with Crippen molar-refractivity contribution in [3.8, 4) is 11.5 Å². The molecule has 1 aliphatic rings. The van der Waals surface area contributed by atoms with Crippen molar-refractivity contribution < 1.29 is 9.21 Å². The van der Waals surface area contributed by atoms with Crippen LogP contribution in [0, 0.1) is 5.92 Å². The first-order valence-electron chi connectivity index (χ1n) is 8.02. The van der Waals surface area contributed by atoms with Crippen LogP contribution < -0.4 is 11.1 Å². The van der Waals surface area contributed by atoms with Crippen molar-refractivity contribution >= 4 is 28.9 Å². The molecule has 0 aromatic carbocycles. The topological polar surface area (TPSA) is 111 Å². The number of fused-ring (bicyclic) bond motifs is 1. The van der Waals surface area contributed by atoms with Crippen LogP contribution in [0.5, 0.6) is 0 Å². The molecule has 3 heterocycles. The summed E-state index contributed by atoms with van der Waals surface area (Å²) in [5, 5.41) is 16.2. The van der Waals surface area contributed by atoms with Crippen molar-refractivity contribution in [2.45, 2.75) is 31.0 Å². The first kappa shape index (κ1) is 15.9. The lowest BCUT2D eigenvalue weighted by atomic mass is 10.1. The minimum Gasteiger partial charge on any atom is -0.411 e. The minimum atomic E-state index is -0.509. The molecule has 9 heteroatoms. The molecule has 4 rings (SSSR count). The maximum absolute atomic E-state index is 11.8. The molecular formula is C16H18N6O2S. The summed E-state index contributed by atoms with van der Waals surface area (Å²) in [6.45, 7) is 2.12. The molecule has 0 saturated heterocycles. The molecule has 0 radical (unpaired) electrons. The van der Waals surface area contributed by atoms with Crippen LogP contribution in [0.1, 0.15) is 30.1 Å². The van der Waals surface area contributed by atoms with E-state index < -0.39 is 5.91 Å². The molecule has 130 valence electrons. The average Bonchev–Trinajstić information content (AvgIpc) is 3.18. The van der Waals surface area contributed by atoms with Crippen molar-refractivity contribution in [3.05, 3.63) is 24.0 Å². The van der Waals surface area contributed by atoms with Gasteiger partial charge in [-0.25, -0.2) is 4.52 Å². The molecular weight excluding hydrogens is 340 g/mol. The van der Waals surface area contributed by atoms with E-state index in [2.05, 4.69) is 27.5 Å². The van der Waals surface area contributed by atoms with Crippen LogP contribution in [-0.2, 0) is 0 Å². The van der Waals surface area contributed by atoms with Gasteiger partial charge in [-0.2, -0.15) is 5.10 Å². The van der Waals surface area contributed by atoms with Gasteiger partial charge in [-0.05, 0) is 38.0 Å². The van der Waals surface area contributed by atoms with Gasteiger partial charge in [0.1, 0.15) is 0 Å². The predicted octanol–water partition coefficient (Wildman–Crippen LogP) is 2.42. The standard InChI is InChI=1S/C16H18N6O2S/c1-8(9-3-4-9)19-13-11(14(17)23)6-18-22-7-10(5-12(13)22)15-20-21-16(24-15)25-2/h5-9,19H,3-4H2,1-2H3,(H2,17,23). The highest BCUT2D eigenvalue weighted by Gasteiger charge is 2.29. The van der Waals surface area contributed by atoms with Crippen LogP contribution in [-0.4, -0.2) is 38.0 Å². The van der Waals surface area contributed by atoms with Gasteiger partial charge in [-0.15, -0.1) is 10.2 Å². The number of hydrogen-bond acceptors (Lipinski definition) is 7. The van der Waals surface area contributed by atoms with E-state index in [-0.39, 0.29) is 6.04 Å². The zero-order chi connectivity index (χ0) is 17.6. The molecule has 0 aliphatic heterocycles. The summed E-state index contributed by atoms with van der Waals surface area (Å²) in [6.07, 6.45) is 7.56. The molecule has 3 aromatic heterocycles. The van der Waals surface area contributed by atoms with Gasteiger partial charge in [-0.3, -0.25) is 4.79 Å². The Balaban J connectivity index is 1.80. The number of aromatic nitrogens is 4. The number of nitrogens with zero attached hydrogens (tertiary/aromatic N) is 4. The van der Waals surface area contributed by atoms with Crippen LogP contribution in [0.15, 0.2) is 28.1 Å². The predicted molar refractivity (Wildman–Crippen MR) is 94.6 cm³/mol. The van der Waals surface area contributed by atoms with Crippen LogP contribution >= 0.6 is 11.8 Å². The van der Waals surface area contributed by atoms with E-state index >= 15 is 0 Å². The van der Waals surface area contributed by atoms with E-state index in [4.69, 9.17) is 10.2 Å². The molecule has 1 amide bonds. The molecule has 0 bridgehead atoms. The molecule has 1 fully saturated rings. The third kappa shape index (κ3) is 2.95. The van der Waals surface area contributed by atoms with E-state index in [1.165, 1.54) is 30.8 Å². The van der Waals surface area contributed by atoms with Gasteiger partial charge in [0, 0.05) is 12.2 Å². The number of thioether (sulfide) groups is 1. The second-order valence-electron chi connectivity index (χ2n) is 6.20. The first-order valence-corrected chi connectivity index (χ1v) is 9.25. The highest BCUT2D eigenvalue weighted by molar-refractivity contribution is 7.98. The quantitative estimate of drug-likeness (QED) is 0.651. The van der Waals surface area contributed by atoms with Crippen LogP contribution in [0.25, 0.3) is 17.0 Å². The molecule has 1 atom stereocenters. The number of anilines is 1. The van der Waals surface area contributed by atoms with Gasteiger partial charge >= 0.3 is 0 Å². The van der Waals surface area contributed by atoms with Gasteiger partial charge in [0.05, 0.1) is 28.5 Å². The van der Waals surface area contributed by atoms with Gasteiger partial charge in [0.2, 0.25) is 5.89 Å². The number of rotatable bonds is 6. The van der Waals surface area contributed by atoms with Crippen molar-refractivity contribution in [2.24, 2.45) is 11.7 Å². The van der Waals surface area contributed by atoms with Gasteiger partial charge in [0.15, 0.2) is 0 Å². The SMILES string of the molecule is CSc1nnc(-c2cc3c(NC(C)C4CC4)c(C(N)=O)cnn3c2)o1. The van der Waals surface area contributed by atoms with E-state index in [0.29, 0.717) is 28.3 Å². The lowest BCUT2D eigenvalue weighted by molar-refractivity contribution is 0.100. The van der Waals surface area contributed by atoms with E-state index in [1.54, 1.807) is 10.7 Å². The highest BCUT2D eigenvalue weighted by Crippen LogP contribution is 2.36. The summed E-state index contributed by atoms with van der Waals surface area (Å²) >= 11 is 1.38. The summed E-state index contributed by atoms with van der Waals surface area (Å²) < 4.78 is 7.27. The number of carbonyl (C=O) groups excluding carboxylic acids is 1. The number of primary amides is 1. The Hall–Kier alpha value is -2.55. The van der Waals surface area contributed by atoms with Crippen molar-refractivity contribution in [1.29, 1.82) is 0 Å². The third-order valence-corrected chi connectivity index (χ3v) is 4.95. The van der Waals surface area contributed by atoms with E-state index in [9.17, 15) is 4.79 Å². The molecule has 0 spiro atoms. The molecule has 1 unspecified atom stereocenters. The Morgan fingerprint density at radius 1 is 1.48 bits per heavy atom. The van der Waals surface area contributed by atoms with Crippen molar-refractivity contribution in [2.75, 3.05) is 11.6 Å². The summed E-state index contributed by atoms with van der Waals surface area (Å²) in [5.41, 5.74) is 8.10. The number of nitrogens with two attached hydrogens (primary N) is 1. The number of amides is 1. The number of carbonyl (C=O) groups is 1. The highest BCUT2D eigenvalue weighted by atomic mass is 32.2. The summed E-state index contributed by atoms with van der Waals surface area (Å²) in [5.74, 6) is 0.533. The van der Waals surface area contributed by atoms with Gasteiger partial charge in [0.25, 0.3) is 11.1 Å². The van der Waals surface area contributed by atoms with Gasteiger partial charge in [-0.1, -0.05) is 11.8 Å². The first-order chi connectivity index (χ1) is 12.1. The van der Waals surface area contributed by atoms with E-state index in [1.807, 2.05) is 12.3 Å². The third-order valence-electron chi connectivity index (χ3n) is 4.43. The van der Waals surface area contributed by atoms with Crippen LogP contribution in [0.4, 0.5) is 5.69 Å². The maximum atomic E-state index is 11.8. The Bertz CT molecular complexity index is 945. The zero-order valence-electron chi connectivity index (χ0n) is 13.9. The minimum absolute atomic E-state index is 0.258. The van der Waals surface area contributed by atoms with Crippen LogP contribution in [0.3, 0.4) is 0 Å². The summed E-state index contributed by atoms with van der Waals surface area (Å²) in [4.78, 5) is 11.8. The second-order valence-corrected chi connectivity index (χ2v) is 6.96. The molecule has 1 aliphatic carbocycles. The summed E-state index contributed by atoms with van der Waals surface area (Å²) in [7, 11) is 0. The monoisotopic (exact) mass is 358 g/mol. The molecule has 8 nitrogen and oxygen atoms in total. The normalized spacial score (nSPS) is 15.4. The van der Waals surface area contributed by atoms with Crippen molar-refractivity contribution in [3.63, 3.8) is 0 Å². The largest absolute Gasteiger partial charge is 0.411 e. The maximum Gasteiger partial charge on any atom is 0.276 e.